The molecular formula is C22H27N3O. The lowest BCUT2D eigenvalue weighted by atomic mass is 10.0. The van der Waals surface area contributed by atoms with Gasteiger partial charge in [0.15, 0.2) is 0 Å². The standard InChI is InChI=1S/C22H27N3O/c1-26-19-10-9-14-3-2-4-18(11-17(14)12-19)23-21-13-20(15-5-6-15)24-22(25-21)16-7-8-16/h9-10,12-13,15-16,18H,2-8,11H2,1H3,(H,23,24,25). The fourth-order valence-electron chi connectivity index (χ4n) is 4.07. The summed E-state index contributed by atoms with van der Waals surface area (Å²) in [5.74, 6) is 4.36. The fourth-order valence-corrected chi connectivity index (χ4v) is 4.07. The number of nitrogens with zero attached hydrogens (tertiary/aromatic N) is 2. The Balaban J connectivity index is 1.38. The number of rotatable bonds is 5. The highest BCUT2D eigenvalue weighted by molar-refractivity contribution is 5.42. The largest absolute Gasteiger partial charge is 0.497 e. The highest BCUT2D eigenvalue weighted by atomic mass is 16.5. The van der Waals surface area contributed by atoms with Crippen LogP contribution in [0.5, 0.6) is 5.75 Å². The number of fused-ring (bicyclic) bond motifs is 1. The van der Waals surface area contributed by atoms with Gasteiger partial charge in [-0.1, -0.05) is 6.07 Å². The highest BCUT2D eigenvalue weighted by Crippen LogP contribution is 2.43. The SMILES string of the molecule is COc1ccc2c(c1)CC(Nc1cc(C3CC3)nc(C3CC3)n1)CCC2. The van der Waals surface area contributed by atoms with Crippen LogP contribution in [0.2, 0.25) is 0 Å². The van der Waals surface area contributed by atoms with Crippen LogP contribution in [0.1, 0.15) is 73.0 Å². The quantitative estimate of drug-likeness (QED) is 0.802. The van der Waals surface area contributed by atoms with Gasteiger partial charge in [0.05, 0.1) is 7.11 Å². The van der Waals surface area contributed by atoms with E-state index in [1.165, 1.54) is 55.3 Å². The second kappa shape index (κ2) is 6.57. The van der Waals surface area contributed by atoms with E-state index in [1.807, 2.05) is 0 Å². The molecule has 3 aliphatic rings. The van der Waals surface area contributed by atoms with E-state index in [-0.39, 0.29) is 0 Å². The van der Waals surface area contributed by atoms with E-state index in [4.69, 9.17) is 14.7 Å². The molecule has 2 saturated carbocycles. The second-order valence-electron chi connectivity index (χ2n) is 8.16. The normalized spacial score (nSPS) is 22.4. The van der Waals surface area contributed by atoms with Gasteiger partial charge in [0.2, 0.25) is 0 Å². The molecule has 1 unspecified atom stereocenters. The van der Waals surface area contributed by atoms with Crippen molar-refractivity contribution in [2.75, 3.05) is 12.4 Å². The lowest BCUT2D eigenvalue weighted by Crippen LogP contribution is -2.22. The van der Waals surface area contributed by atoms with Crippen LogP contribution in [0.25, 0.3) is 0 Å². The van der Waals surface area contributed by atoms with Crippen LogP contribution in [-0.4, -0.2) is 23.1 Å². The average Bonchev–Trinajstić information content (AvgIpc) is 3.53. The molecule has 26 heavy (non-hydrogen) atoms. The van der Waals surface area contributed by atoms with Crippen molar-refractivity contribution in [3.8, 4) is 5.75 Å². The molecule has 1 N–H and O–H groups in total. The Morgan fingerprint density at radius 1 is 0.962 bits per heavy atom. The maximum atomic E-state index is 5.43. The number of methoxy groups -OCH3 is 1. The first-order valence-electron chi connectivity index (χ1n) is 10.1. The Labute approximate surface area is 155 Å². The fraction of sp³-hybridized carbons (Fsp3) is 0.545. The molecule has 1 aromatic heterocycles. The first-order chi connectivity index (χ1) is 12.8. The molecule has 4 heteroatoms. The molecule has 0 saturated heterocycles. The van der Waals surface area contributed by atoms with E-state index in [2.05, 4.69) is 29.6 Å². The third-order valence-corrected chi connectivity index (χ3v) is 5.93. The van der Waals surface area contributed by atoms with E-state index in [0.717, 1.165) is 30.2 Å². The van der Waals surface area contributed by atoms with Gasteiger partial charge in [-0.3, -0.25) is 0 Å². The number of benzene rings is 1. The van der Waals surface area contributed by atoms with Crippen LogP contribution < -0.4 is 10.1 Å². The van der Waals surface area contributed by atoms with Gasteiger partial charge in [0.25, 0.3) is 0 Å². The van der Waals surface area contributed by atoms with Crippen molar-refractivity contribution in [3.63, 3.8) is 0 Å². The topological polar surface area (TPSA) is 47.0 Å². The van der Waals surface area contributed by atoms with Crippen LogP contribution in [0.3, 0.4) is 0 Å². The van der Waals surface area contributed by atoms with Crippen LogP contribution >= 0.6 is 0 Å². The maximum Gasteiger partial charge on any atom is 0.134 e. The number of nitrogens with one attached hydrogen (secondary N) is 1. The van der Waals surface area contributed by atoms with E-state index < -0.39 is 0 Å². The molecule has 1 aromatic carbocycles. The summed E-state index contributed by atoms with van der Waals surface area (Å²) < 4.78 is 5.43. The van der Waals surface area contributed by atoms with E-state index in [0.29, 0.717) is 17.9 Å². The van der Waals surface area contributed by atoms with Crippen molar-refractivity contribution in [3.05, 3.63) is 46.9 Å². The van der Waals surface area contributed by atoms with Crippen LogP contribution in [0.4, 0.5) is 5.82 Å². The molecule has 2 fully saturated rings. The summed E-state index contributed by atoms with van der Waals surface area (Å²) in [5, 5.41) is 3.75. The molecule has 1 heterocycles. The lowest BCUT2D eigenvalue weighted by molar-refractivity contribution is 0.414. The van der Waals surface area contributed by atoms with E-state index >= 15 is 0 Å². The zero-order valence-corrected chi connectivity index (χ0v) is 15.5. The Hall–Kier alpha value is -2.10. The van der Waals surface area contributed by atoms with Crippen molar-refractivity contribution in [1.82, 2.24) is 9.97 Å². The van der Waals surface area contributed by atoms with Crippen LogP contribution in [0, 0.1) is 0 Å². The van der Waals surface area contributed by atoms with E-state index in [9.17, 15) is 0 Å². The summed E-state index contributed by atoms with van der Waals surface area (Å²) in [7, 11) is 1.74. The van der Waals surface area contributed by atoms with Crippen molar-refractivity contribution < 1.29 is 4.74 Å². The van der Waals surface area contributed by atoms with Crippen molar-refractivity contribution in [2.24, 2.45) is 0 Å². The van der Waals surface area contributed by atoms with Crippen molar-refractivity contribution in [1.29, 1.82) is 0 Å². The van der Waals surface area contributed by atoms with Gasteiger partial charge in [0, 0.05) is 29.6 Å². The molecule has 0 spiro atoms. The number of anilines is 1. The molecule has 0 radical (unpaired) electrons. The summed E-state index contributed by atoms with van der Waals surface area (Å²) in [6.07, 6.45) is 9.67. The number of hydrogen-bond acceptors (Lipinski definition) is 4. The highest BCUT2D eigenvalue weighted by Gasteiger charge is 2.31. The summed E-state index contributed by atoms with van der Waals surface area (Å²) in [6, 6.07) is 9.16. The van der Waals surface area contributed by atoms with Gasteiger partial charge in [0.1, 0.15) is 17.4 Å². The van der Waals surface area contributed by atoms with Crippen LogP contribution in [-0.2, 0) is 12.8 Å². The molecule has 0 aliphatic heterocycles. The summed E-state index contributed by atoms with van der Waals surface area (Å²) in [5.41, 5.74) is 4.15. The minimum absolute atomic E-state index is 0.428. The van der Waals surface area contributed by atoms with Crippen LogP contribution in [0.15, 0.2) is 24.3 Å². The average molecular weight is 349 g/mol. The molecule has 1 atom stereocenters. The smallest absolute Gasteiger partial charge is 0.134 e. The molecule has 0 amide bonds. The third-order valence-electron chi connectivity index (χ3n) is 5.93. The predicted octanol–water partition coefficient (Wildman–Crippen LogP) is 4.60. The minimum atomic E-state index is 0.428. The Morgan fingerprint density at radius 2 is 1.81 bits per heavy atom. The zero-order valence-electron chi connectivity index (χ0n) is 15.5. The molecule has 5 rings (SSSR count). The lowest BCUT2D eigenvalue weighted by Gasteiger charge is -2.19. The monoisotopic (exact) mass is 349 g/mol. The Kier molecular flexibility index (Phi) is 4.07. The molecule has 2 aromatic rings. The first kappa shape index (κ1) is 16.1. The molecule has 136 valence electrons. The van der Waals surface area contributed by atoms with E-state index in [1.54, 1.807) is 7.11 Å². The summed E-state index contributed by atoms with van der Waals surface area (Å²) in [4.78, 5) is 9.73. The minimum Gasteiger partial charge on any atom is -0.497 e. The van der Waals surface area contributed by atoms with Gasteiger partial charge in [-0.15, -0.1) is 0 Å². The second-order valence-corrected chi connectivity index (χ2v) is 8.16. The number of aromatic nitrogens is 2. The number of aryl methyl sites for hydroxylation is 1. The van der Waals surface area contributed by atoms with Gasteiger partial charge in [-0.2, -0.15) is 0 Å². The summed E-state index contributed by atoms with van der Waals surface area (Å²) in [6.45, 7) is 0. The number of ether oxygens (including phenoxy) is 1. The molecule has 0 bridgehead atoms. The maximum absolute atomic E-state index is 5.43. The van der Waals surface area contributed by atoms with Crippen molar-refractivity contribution in [2.45, 2.75) is 69.2 Å². The first-order valence-corrected chi connectivity index (χ1v) is 10.1. The zero-order chi connectivity index (χ0) is 17.5. The van der Waals surface area contributed by atoms with Gasteiger partial charge in [-0.25, -0.2) is 9.97 Å². The predicted molar refractivity (Wildman–Crippen MR) is 103 cm³/mol. The van der Waals surface area contributed by atoms with Crippen molar-refractivity contribution >= 4 is 5.82 Å². The van der Waals surface area contributed by atoms with Gasteiger partial charge < -0.3 is 10.1 Å². The molecular weight excluding hydrogens is 322 g/mol. The third kappa shape index (κ3) is 3.42. The molecule has 4 nitrogen and oxygen atoms in total. The Morgan fingerprint density at radius 3 is 2.58 bits per heavy atom. The molecule has 3 aliphatic carbocycles. The Bertz CT molecular complexity index is 781. The van der Waals surface area contributed by atoms with Gasteiger partial charge >= 0.3 is 0 Å². The number of hydrogen-bond donors (Lipinski definition) is 1. The summed E-state index contributed by atoms with van der Waals surface area (Å²) >= 11 is 0. The van der Waals surface area contributed by atoms with Gasteiger partial charge in [-0.05, 0) is 74.6 Å².